The molecule has 1 N–H and O–H groups in total. The average molecular weight is 330 g/mol. The third kappa shape index (κ3) is 3.97. The van der Waals surface area contributed by atoms with Crippen molar-refractivity contribution in [1.29, 1.82) is 0 Å². The van der Waals surface area contributed by atoms with Gasteiger partial charge in [-0.05, 0) is 36.8 Å². The predicted octanol–water partition coefficient (Wildman–Crippen LogP) is 3.71. The molecule has 3 atom stereocenters. The Balaban J connectivity index is 2.15. The zero-order valence-corrected chi connectivity index (χ0v) is 15.5. The van der Waals surface area contributed by atoms with Crippen LogP contribution in [0.15, 0.2) is 24.3 Å². The summed E-state index contributed by atoms with van der Waals surface area (Å²) in [6.07, 6.45) is 1.32. The van der Waals surface area contributed by atoms with Crippen molar-refractivity contribution >= 4 is 17.5 Å². The highest BCUT2D eigenvalue weighted by Gasteiger charge is 2.36. The summed E-state index contributed by atoms with van der Waals surface area (Å²) >= 11 is 0. The maximum absolute atomic E-state index is 12.5. The number of hydrogen-bond donors (Lipinski definition) is 1. The molecule has 2 rings (SSSR count). The first-order valence-corrected chi connectivity index (χ1v) is 9.04. The molecule has 0 radical (unpaired) electrons. The lowest BCUT2D eigenvalue weighted by Crippen LogP contribution is -2.40. The van der Waals surface area contributed by atoms with Crippen molar-refractivity contribution in [2.24, 2.45) is 11.8 Å². The summed E-state index contributed by atoms with van der Waals surface area (Å²) in [5.41, 5.74) is 2.15. The topological polar surface area (TPSA) is 49.4 Å². The van der Waals surface area contributed by atoms with Gasteiger partial charge in [-0.15, -0.1) is 0 Å². The van der Waals surface area contributed by atoms with Gasteiger partial charge in [0.25, 0.3) is 0 Å². The molecule has 1 aliphatic rings. The van der Waals surface area contributed by atoms with E-state index in [1.165, 1.54) is 5.56 Å². The molecule has 132 valence electrons. The van der Waals surface area contributed by atoms with Crippen molar-refractivity contribution in [2.45, 2.75) is 59.4 Å². The number of hydrogen-bond acceptors (Lipinski definition) is 2. The number of benzene rings is 1. The lowest BCUT2D eigenvalue weighted by molar-refractivity contribution is -0.127. The van der Waals surface area contributed by atoms with E-state index in [-0.39, 0.29) is 23.8 Å². The Kier molecular flexibility index (Phi) is 6.03. The predicted molar refractivity (Wildman–Crippen MR) is 98.1 cm³/mol. The number of amides is 2. The third-order valence-corrected chi connectivity index (χ3v) is 5.24. The van der Waals surface area contributed by atoms with Gasteiger partial charge in [0.15, 0.2) is 0 Å². The Labute approximate surface area is 145 Å². The fourth-order valence-electron chi connectivity index (χ4n) is 2.99. The molecule has 2 amide bonds. The number of nitrogens with one attached hydrogen (secondary N) is 1. The highest BCUT2D eigenvalue weighted by atomic mass is 16.2. The minimum Gasteiger partial charge on any atom is -0.353 e. The Morgan fingerprint density at radius 2 is 1.92 bits per heavy atom. The highest BCUT2D eigenvalue weighted by molar-refractivity contribution is 6.00. The smallest absolute Gasteiger partial charge is 0.227 e. The first kappa shape index (κ1) is 18.5. The summed E-state index contributed by atoms with van der Waals surface area (Å²) in [5, 5.41) is 3.04. The van der Waals surface area contributed by atoms with Gasteiger partial charge < -0.3 is 10.2 Å². The lowest BCUT2D eigenvalue weighted by Gasteiger charge is -2.23. The average Bonchev–Trinajstić information content (AvgIpc) is 2.95. The normalized spacial score (nSPS) is 20.3. The van der Waals surface area contributed by atoms with Crippen molar-refractivity contribution in [3.8, 4) is 0 Å². The largest absolute Gasteiger partial charge is 0.353 e. The lowest BCUT2D eigenvalue weighted by atomic mass is 9.96. The molecule has 4 heteroatoms. The zero-order chi connectivity index (χ0) is 17.9. The third-order valence-electron chi connectivity index (χ3n) is 5.24. The van der Waals surface area contributed by atoms with E-state index in [0.29, 0.717) is 24.8 Å². The van der Waals surface area contributed by atoms with Gasteiger partial charge in [-0.3, -0.25) is 9.59 Å². The van der Waals surface area contributed by atoms with E-state index in [1.807, 2.05) is 25.1 Å². The molecule has 1 fully saturated rings. The van der Waals surface area contributed by atoms with Crippen LogP contribution in [0.3, 0.4) is 0 Å². The molecule has 0 bridgehead atoms. The van der Waals surface area contributed by atoms with Crippen LogP contribution in [-0.2, 0) is 9.59 Å². The molecule has 1 aromatic carbocycles. The SMILES string of the molecule is CCC(C)c1ccccc1N1CC(C(=O)NC(C)C(C)C)CC1=O. The minimum atomic E-state index is -0.260. The molecular weight excluding hydrogens is 300 g/mol. The van der Waals surface area contributed by atoms with Gasteiger partial charge in [-0.25, -0.2) is 0 Å². The van der Waals surface area contributed by atoms with Gasteiger partial charge in [-0.1, -0.05) is 45.9 Å². The molecule has 24 heavy (non-hydrogen) atoms. The van der Waals surface area contributed by atoms with E-state index in [0.717, 1.165) is 12.1 Å². The van der Waals surface area contributed by atoms with Crippen LogP contribution in [0.25, 0.3) is 0 Å². The Morgan fingerprint density at radius 3 is 2.54 bits per heavy atom. The number of rotatable bonds is 6. The standard InChI is InChI=1S/C20H30N2O2/c1-6-14(4)17-9-7-8-10-18(17)22-12-16(11-19(22)23)20(24)21-15(5)13(2)3/h7-10,13-16H,6,11-12H2,1-5H3,(H,21,24). The summed E-state index contributed by atoms with van der Waals surface area (Å²) < 4.78 is 0. The summed E-state index contributed by atoms with van der Waals surface area (Å²) in [7, 11) is 0. The van der Waals surface area contributed by atoms with Crippen LogP contribution in [-0.4, -0.2) is 24.4 Å². The summed E-state index contributed by atoms with van der Waals surface area (Å²) in [6.45, 7) is 11.0. The Bertz CT molecular complexity index is 597. The van der Waals surface area contributed by atoms with Gasteiger partial charge in [0.05, 0.1) is 5.92 Å². The van der Waals surface area contributed by atoms with Crippen LogP contribution in [0, 0.1) is 11.8 Å². The molecule has 1 aliphatic heterocycles. The molecule has 3 unspecified atom stereocenters. The van der Waals surface area contributed by atoms with Crippen LogP contribution in [0.5, 0.6) is 0 Å². The van der Waals surface area contributed by atoms with Crippen molar-refractivity contribution < 1.29 is 9.59 Å². The quantitative estimate of drug-likeness (QED) is 0.864. The van der Waals surface area contributed by atoms with Crippen LogP contribution in [0.2, 0.25) is 0 Å². The van der Waals surface area contributed by atoms with E-state index < -0.39 is 0 Å². The molecular formula is C20H30N2O2. The van der Waals surface area contributed by atoms with Crippen molar-refractivity contribution in [3.63, 3.8) is 0 Å². The Morgan fingerprint density at radius 1 is 1.25 bits per heavy atom. The molecule has 0 saturated carbocycles. The number of carbonyl (C=O) groups excluding carboxylic acids is 2. The van der Waals surface area contributed by atoms with E-state index in [9.17, 15) is 9.59 Å². The number of nitrogens with zero attached hydrogens (tertiary/aromatic N) is 1. The van der Waals surface area contributed by atoms with E-state index in [4.69, 9.17) is 0 Å². The summed E-state index contributed by atoms with van der Waals surface area (Å²) in [5.74, 6) is 0.552. The van der Waals surface area contributed by atoms with Crippen molar-refractivity contribution in [1.82, 2.24) is 5.32 Å². The number of para-hydroxylation sites is 1. The second-order valence-corrected chi connectivity index (χ2v) is 7.31. The van der Waals surface area contributed by atoms with E-state index in [2.05, 4.69) is 39.1 Å². The zero-order valence-electron chi connectivity index (χ0n) is 15.5. The molecule has 0 aromatic heterocycles. The van der Waals surface area contributed by atoms with Crippen LogP contribution in [0.1, 0.15) is 58.9 Å². The second kappa shape index (κ2) is 7.82. The van der Waals surface area contributed by atoms with Gasteiger partial charge in [-0.2, -0.15) is 0 Å². The number of anilines is 1. The van der Waals surface area contributed by atoms with Gasteiger partial charge in [0, 0.05) is 24.7 Å². The van der Waals surface area contributed by atoms with Crippen molar-refractivity contribution in [3.05, 3.63) is 29.8 Å². The molecule has 0 spiro atoms. The second-order valence-electron chi connectivity index (χ2n) is 7.31. The summed E-state index contributed by atoms with van der Waals surface area (Å²) in [4.78, 5) is 26.8. The van der Waals surface area contributed by atoms with E-state index >= 15 is 0 Å². The van der Waals surface area contributed by atoms with Crippen molar-refractivity contribution in [2.75, 3.05) is 11.4 Å². The van der Waals surface area contributed by atoms with Gasteiger partial charge in [0.1, 0.15) is 0 Å². The van der Waals surface area contributed by atoms with Gasteiger partial charge >= 0.3 is 0 Å². The molecule has 1 heterocycles. The first-order valence-electron chi connectivity index (χ1n) is 9.04. The molecule has 0 aliphatic carbocycles. The summed E-state index contributed by atoms with van der Waals surface area (Å²) in [6, 6.07) is 8.18. The fourth-order valence-corrected chi connectivity index (χ4v) is 2.99. The van der Waals surface area contributed by atoms with E-state index in [1.54, 1.807) is 4.90 Å². The monoisotopic (exact) mass is 330 g/mol. The number of carbonyl (C=O) groups is 2. The molecule has 1 aromatic rings. The molecule has 1 saturated heterocycles. The maximum Gasteiger partial charge on any atom is 0.227 e. The van der Waals surface area contributed by atoms with Gasteiger partial charge in [0.2, 0.25) is 11.8 Å². The van der Waals surface area contributed by atoms with Crippen LogP contribution >= 0.6 is 0 Å². The first-order chi connectivity index (χ1) is 11.3. The minimum absolute atomic E-state index is 0.00642. The Hall–Kier alpha value is -1.84. The highest BCUT2D eigenvalue weighted by Crippen LogP contribution is 2.33. The fraction of sp³-hybridized carbons (Fsp3) is 0.600. The maximum atomic E-state index is 12.5. The molecule has 4 nitrogen and oxygen atoms in total. The van der Waals surface area contributed by atoms with Crippen LogP contribution in [0.4, 0.5) is 5.69 Å². The van der Waals surface area contributed by atoms with Crippen LogP contribution < -0.4 is 10.2 Å².